The van der Waals surface area contributed by atoms with Crippen molar-refractivity contribution in [1.29, 1.82) is 0 Å². The second-order valence-corrected chi connectivity index (χ2v) is 5.24. The predicted molar refractivity (Wildman–Crippen MR) is 59.3 cm³/mol. The largest absolute Gasteiger partial charge is 0.0840 e. The molecule has 0 heterocycles. The summed E-state index contributed by atoms with van der Waals surface area (Å²) in [7, 11) is 0. The maximum absolute atomic E-state index is 6.10. The van der Waals surface area contributed by atoms with Gasteiger partial charge in [0.2, 0.25) is 0 Å². The van der Waals surface area contributed by atoms with E-state index < -0.39 is 0 Å². The van der Waals surface area contributed by atoms with Crippen molar-refractivity contribution < 1.29 is 0 Å². The highest BCUT2D eigenvalue weighted by Gasteiger charge is 2.13. The number of hydrogen-bond acceptors (Lipinski definition) is 0. The monoisotopic (exact) mass is 196 g/mol. The number of halogens is 1. The molecule has 1 heteroatoms. The quantitative estimate of drug-likeness (QED) is 0.631. The van der Waals surface area contributed by atoms with Gasteiger partial charge >= 0.3 is 0 Å². The third-order valence-corrected chi connectivity index (χ3v) is 2.29. The van der Waals surface area contributed by atoms with Crippen molar-refractivity contribution >= 4 is 11.6 Å². The van der Waals surface area contributed by atoms with Gasteiger partial charge in [-0.05, 0) is 30.4 Å². The van der Waals surface area contributed by atoms with E-state index in [4.69, 9.17) is 11.6 Å². The summed E-state index contributed by atoms with van der Waals surface area (Å²) in [5.41, 5.74) is 2.84. The Morgan fingerprint density at radius 2 is 1.85 bits per heavy atom. The van der Waals surface area contributed by atoms with Gasteiger partial charge in [-0.25, -0.2) is 0 Å². The highest BCUT2D eigenvalue weighted by molar-refractivity contribution is 6.31. The van der Waals surface area contributed by atoms with E-state index in [9.17, 15) is 0 Å². The van der Waals surface area contributed by atoms with Gasteiger partial charge in [0.05, 0.1) is 0 Å². The SMILES string of the molecule is Cc1ccc(Cl)c(CC(C)(C)C)c1. The molecule has 1 aromatic carbocycles. The molecular formula is C12H17Cl. The summed E-state index contributed by atoms with van der Waals surface area (Å²) in [6.07, 6.45) is 1.04. The summed E-state index contributed by atoms with van der Waals surface area (Å²) < 4.78 is 0. The van der Waals surface area contributed by atoms with Crippen LogP contribution in [0, 0.1) is 12.3 Å². The molecule has 0 unspecified atom stereocenters. The number of rotatable bonds is 1. The van der Waals surface area contributed by atoms with Gasteiger partial charge in [-0.15, -0.1) is 0 Å². The van der Waals surface area contributed by atoms with Gasteiger partial charge in [-0.3, -0.25) is 0 Å². The molecule has 1 rings (SSSR count). The van der Waals surface area contributed by atoms with Crippen LogP contribution >= 0.6 is 11.6 Å². The fraction of sp³-hybridized carbons (Fsp3) is 0.500. The van der Waals surface area contributed by atoms with E-state index in [0.717, 1.165) is 11.4 Å². The molecule has 0 bridgehead atoms. The van der Waals surface area contributed by atoms with E-state index in [1.807, 2.05) is 6.07 Å². The summed E-state index contributed by atoms with van der Waals surface area (Å²) >= 11 is 6.10. The third kappa shape index (κ3) is 3.40. The first-order valence-corrected chi connectivity index (χ1v) is 5.01. The van der Waals surface area contributed by atoms with E-state index in [0.29, 0.717) is 5.41 Å². The Bertz CT molecular complexity index is 294. The minimum absolute atomic E-state index is 0.303. The smallest absolute Gasteiger partial charge is 0.0438 e. The second-order valence-electron chi connectivity index (χ2n) is 4.83. The molecule has 0 aliphatic carbocycles. The highest BCUT2D eigenvalue weighted by atomic mass is 35.5. The molecule has 1 aromatic rings. The average molecular weight is 197 g/mol. The Balaban J connectivity index is 2.94. The first-order chi connectivity index (χ1) is 5.88. The molecule has 0 atom stereocenters. The summed E-state index contributed by atoms with van der Waals surface area (Å²) in [6, 6.07) is 6.21. The van der Waals surface area contributed by atoms with Crippen molar-refractivity contribution in [2.75, 3.05) is 0 Å². The zero-order valence-electron chi connectivity index (χ0n) is 8.82. The second kappa shape index (κ2) is 3.71. The molecule has 0 saturated carbocycles. The maximum Gasteiger partial charge on any atom is 0.0438 e. The minimum atomic E-state index is 0.303. The van der Waals surface area contributed by atoms with Gasteiger partial charge in [-0.1, -0.05) is 50.1 Å². The Morgan fingerprint density at radius 3 is 2.38 bits per heavy atom. The Kier molecular flexibility index (Phi) is 3.02. The van der Waals surface area contributed by atoms with Crippen molar-refractivity contribution in [3.8, 4) is 0 Å². The summed E-state index contributed by atoms with van der Waals surface area (Å²) in [5, 5.41) is 0.889. The summed E-state index contributed by atoms with van der Waals surface area (Å²) in [4.78, 5) is 0. The van der Waals surface area contributed by atoms with Crippen molar-refractivity contribution in [3.05, 3.63) is 34.3 Å². The average Bonchev–Trinajstić information content (AvgIpc) is 1.94. The standard InChI is InChI=1S/C12H17Cl/c1-9-5-6-11(13)10(7-9)8-12(2,3)4/h5-7H,8H2,1-4H3. The van der Waals surface area contributed by atoms with Gasteiger partial charge < -0.3 is 0 Å². The zero-order valence-corrected chi connectivity index (χ0v) is 9.57. The molecule has 0 nitrogen and oxygen atoms in total. The normalized spacial score (nSPS) is 11.8. The highest BCUT2D eigenvalue weighted by Crippen LogP contribution is 2.26. The number of hydrogen-bond donors (Lipinski definition) is 0. The van der Waals surface area contributed by atoms with Crippen molar-refractivity contribution in [2.45, 2.75) is 34.1 Å². The molecule has 0 aliphatic rings. The molecule has 0 radical (unpaired) electrons. The molecule has 0 fully saturated rings. The van der Waals surface area contributed by atoms with E-state index in [1.165, 1.54) is 11.1 Å². The van der Waals surface area contributed by atoms with Gasteiger partial charge in [0, 0.05) is 5.02 Å². The van der Waals surface area contributed by atoms with Crippen LogP contribution in [-0.2, 0) is 6.42 Å². The predicted octanol–water partition coefficient (Wildman–Crippen LogP) is 4.24. The molecule has 0 amide bonds. The van der Waals surface area contributed by atoms with Crippen LogP contribution in [0.2, 0.25) is 5.02 Å². The Morgan fingerprint density at radius 1 is 1.23 bits per heavy atom. The Hall–Kier alpha value is -0.490. The molecular weight excluding hydrogens is 180 g/mol. The zero-order chi connectivity index (χ0) is 10.1. The molecule has 0 spiro atoms. The third-order valence-electron chi connectivity index (χ3n) is 1.92. The van der Waals surface area contributed by atoms with Crippen LogP contribution in [0.4, 0.5) is 0 Å². The molecule has 13 heavy (non-hydrogen) atoms. The van der Waals surface area contributed by atoms with Gasteiger partial charge in [0.1, 0.15) is 0 Å². The molecule has 0 saturated heterocycles. The molecule has 0 aromatic heterocycles. The molecule has 0 aliphatic heterocycles. The summed E-state index contributed by atoms with van der Waals surface area (Å²) in [5.74, 6) is 0. The number of aryl methyl sites for hydroxylation is 1. The van der Waals surface area contributed by atoms with Crippen LogP contribution < -0.4 is 0 Å². The molecule has 0 N–H and O–H groups in total. The van der Waals surface area contributed by atoms with Crippen LogP contribution in [0.1, 0.15) is 31.9 Å². The van der Waals surface area contributed by atoms with Crippen LogP contribution in [0.5, 0.6) is 0 Å². The lowest BCUT2D eigenvalue weighted by Gasteiger charge is -2.19. The van der Waals surface area contributed by atoms with E-state index in [2.05, 4.69) is 39.8 Å². The van der Waals surface area contributed by atoms with E-state index in [-0.39, 0.29) is 0 Å². The lowest BCUT2D eigenvalue weighted by atomic mass is 9.88. The van der Waals surface area contributed by atoms with E-state index >= 15 is 0 Å². The van der Waals surface area contributed by atoms with Gasteiger partial charge in [0.25, 0.3) is 0 Å². The Labute approximate surface area is 85.9 Å². The first-order valence-electron chi connectivity index (χ1n) is 4.63. The lowest BCUT2D eigenvalue weighted by Crippen LogP contribution is -2.09. The van der Waals surface area contributed by atoms with Crippen LogP contribution in [0.3, 0.4) is 0 Å². The topological polar surface area (TPSA) is 0 Å². The maximum atomic E-state index is 6.10. The summed E-state index contributed by atoms with van der Waals surface area (Å²) in [6.45, 7) is 8.78. The van der Waals surface area contributed by atoms with Crippen molar-refractivity contribution in [1.82, 2.24) is 0 Å². The van der Waals surface area contributed by atoms with E-state index in [1.54, 1.807) is 0 Å². The van der Waals surface area contributed by atoms with Crippen molar-refractivity contribution in [2.24, 2.45) is 5.41 Å². The van der Waals surface area contributed by atoms with Crippen LogP contribution in [0.15, 0.2) is 18.2 Å². The lowest BCUT2D eigenvalue weighted by molar-refractivity contribution is 0.411. The molecule has 72 valence electrons. The van der Waals surface area contributed by atoms with Crippen molar-refractivity contribution in [3.63, 3.8) is 0 Å². The first kappa shape index (κ1) is 10.6. The van der Waals surface area contributed by atoms with Crippen LogP contribution in [-0.4, -0.2) is 0 Å². The van der Waals surface area contributed by atoms with Crippen LogP contribution in [0.25, 0.3) is 0 Å². The van der Waals surface area contributed by atoms with Gasteiger partial charge in [0.15, 0.2) is 0 Å². The minimum Gasteiger partial charge on any atom is -0.0840 e. The van der Waals surface area contributed by atoms with Gasteiger partial charge in [-0.2, -0.15) is 0 Å². The fourth-order valence-corrected chi connectivity index (χ4v) is 1.59. The fourth-order valence-electron chi connectivity index (χ4n) is 1.41. The number of benzene rings is 1.